The van der Waals surface area contributed by atoms with Crippen LogP contribution in [0.1, 0.15) is 29.9 Å². The highest BCUT2D eigenvalue weighted by Crippen LogP contribution is 2.29. The number of methoxy groups -OCH3 is 1. The number of aryl methyl sites for hydroxylation is 1. The molecule has 0 bridgehead atoms. The van der Waals surface area contributed by atoms with E-state index in [1.54, 1.807) is 7.11 Å². The number of hydrogen-bond acceptors (Lipinski definition) is 6. The zero-order valence-corrected chi connectivity index (χ0v) is 18.4. The zero-order valence-electron chi connectivity index (χ0n) is 18.4. The molecule has 7 nitrogen and oxygen atoms in total. The Labute approximate surface area is 187 Å². The van der Waals surface area contributed by atoms with Crippen molar-refractivity contribution in [3.05, 3.63) is 65.5 Å². The maximum atomic E-state index is 12.5. The van der Waals surface area contributed by atoms with Crippen LogP contribution >= 0.6 is 0 Å². The summed E-state index contributed by atoms with van der Waals surface area (Å²) >= 11 is 0. The topological polar surface area (TPSA) is 82.8 Å². The van der Waals surface area contributed by atoms with E-state index in [1.165, 1.54) is 0 Å². The molecule has 2 aromatic carbocycles. The number of hydrogen-bond donors (Lipinski definition) is 1. The molecule has 1 unspecified atom stereocenters. The van der Waals surface area contributed by atoms with E-state index >= 15 is 0 Å². The van der Waals surface area contributed by atoms with E-state index in [2.05, 4.69) is 10.3 Å². The molecule has 0 radical (unpaired) electrons. The number of amides is 1. The van der Waals surface area contributed by atoms with Crippen molar-refractivity contribution in [1.82, 2.24) is 10.3 Å². The Bertz CT molecular complexity index is 1040. The SMILES string of the molecule is COc1cc(CNC(=O)Cc2nc(-c3ccccc3)oc2C)ccc1OCC1CCCO1. The molecule has 1 fully saturated rings. The van der Waals surface area contributed by atoms with E-state index in [4.69, 9.17) is 18.6 Å². The minimum atomic E-state index is -0.126. The minimum Gasteiger partial charge on any atom is -0.493 e. The molecule has 168 valence electrons. The Balaban J connectivity index is 1.32. The molecule has 0 saturated carbocycles. The van der Waals surface area contributed by atoms with Gasteiger partial charge in [-0.15, -0.1) is 0 Å². The first kappa shape index (κ1) is 21.9. The van der Waals surface area contributed by atoms with Gasteiger partial charge in [0.1, 0.15) is 12.4 Å². The fraction of sp³-hybridized carbons (Fsp3) is 0.360. The molecule has 2 heterocycles. The molecule has 4 rings (SSSR count). The van der Waals surface area contributed by atoms with Gasteiger partial charge in [0.15, 0.2) is 11.5 Å². The molecular weight excluding hydrogens is 408 g/mol. The van der Waals surface area contributed by atoms with Crippen LogP contribution in [0.15, 0.2) is 52.9 Å². The summed E-state index contributed by atoms with van der Waals surface area (Å²) in [5, 5.41) is 2.93. The average Bonchev–Trinajstić information content (AvgIpc) is 3.47. The van der Waals surface area contributed by atoms with Crippen LogP contribution in [-0.4, -0.2) is 37.3 Å². The number of aromatic nitrogens is 1. The molecule has 0 spiro atoms. The summed E-state index contributed by atoms with van der Waals surface area (Å²) in [5.41, 5.74) is 2.44. The van der Waals surface area contributed by atoms with Crippen LogP contribution in [0.2, 0.25) is 0 Å². The molecule has 0 aliphatic carbocycles. The summed E-state index contributed by atoms with van der Waals surface area (Å²) in [7, 11) is 1.61. The number of carbonyl (C=O) groups excluding carboxylic acids is 1. The van der Waals surface area contributed by atoms with Crippen molar-refractivity contribution in [2.45, 2.75) is 38.8 Å². The fourth-order valence-corrected chi connectivity index (χ4v) is 3.61. The predicted octanol–water partition coefficient (Wildman–Crippen LogP) is 4.08. The Hall–Kier alpha value is -3.32. The molecule has 32 heavy (non-hydrogen) atoms. The summed E-state index contributed by atoms with van der Waals surface area (Å²) in [6.45, 7) is 3.51. The molecular formula is C25H28N2O5. The molecule has 1 N–H and O–H groups in total. The predicted molar refractivity (Wildman–Crippen MR) is 120 cm³/mol. The Morgan fingerprint density at radius 1 is 1.19 bits per heavy atom. The van der Waals surface area contributed by atoms with E-state index < -0.39 is 0 Å². The van der Waals surface area contributed by atoms with Crippen LogP contribution in [-0.2, 0) is 22.5 Å². The van der Waals surface area contributed by atoms with Crippen molar-refractivity contribution in [2.24, 2.45) is 0 Å². The molecule has 1 atom stereocenters. The van der Waals surface area contributed by atoms with Gasteiger partial charge in [-0.25, -0.2) is 4.98 Å². The lowest BCUT2D eigenvalue weighted by molar-refractivity contribution is -0.120. The molecule has 1 aliphatic rings. The van der Waals surface area contributed by atoms with Crippen LogP contribution in [0.4, 0.5) is 0 Å². The maximum Gasteiger partial charge on any atom is 0.226 e. The normalized spacial score (nSPS) is 15.5. The van der Waals surface area contributed by atoms with Crippen molar-refractivity contribution in [3.63, 3.8) is 0 Å². The van der Waals surface area contributed by atoms with Crippen LogP contribution < -0.4 is 14.8 Å². The van der Waals surface area contributed by atoms with Gasteiger partial charge in [0.05, 0.1) is 25.3 Å². The Kier molecular flexibility index (Phi) is 7.07. The molecule has 1 aliphatic heterocycles. The number of nitrogens with one attached hydrogen (secondary N) is 1. The standard InChI is InChI=1S/C25H28N2O5/c1-17-21(27-25(32-17)19-7-4-3-5-8-19)14-24(28)26-15-18-10-11-22(23(13-18)29-2)31-16-20-9-6-12-30-20/h3-5,7-8,10-11,13,20H,6,9,12,14-16H2,1-2H3,(H,26,28). The van der Waals surface area contributed by atoms with Crippen LogP contribution in [0.5, 0.6) is 11.5 Å². The summed E-state index contributed by atoms with van der Waals surface area (Å²) in [6, 6.07) is 15.3. The van der Waals surface area contributed by atoms with Crippen molar-refractivity contribution in [2.75, 3.05) is 20.3 Å². The number of carbonyl (C=O) groups is 1. The third-order valence-electron chi connectivity index (χ3n) is 5.41. The molecule has 3 aromatic rings. The Morgan fingerprint density at radius 3 is 2.78 bits per heavy atom. The van der Waals surface area contributed by atoms with Gasteiger partial charge in [-0.2, -0.15) is 0 Å². The van der Waals surface area contributed by atoms with Gasteiger partial charge in [-0.1, -0.05) is 24.3 Å². The van der Waals surface area contributed by atoms with Gasteiger partial charge >= 0.3 is 0 Å². The lowest BCUT2D eigenvalue weighted by atomic mass is 10.2. The van der Waals surface area contributed by atoms with Crippen molar-refractivity contribution < 1.29 is 23.4 Å². The second-order valence-electron chi connectivity index (χ2n) is 7.77. The third-order valence-corrected chi connectivity index (χ3v) is 5.41. The first-order valence-corrected chi connectivity index (χ1v) is 10.8. The first-order chi connectivity index (χ1) is 15.6. The van der Waals surface area contributed by atoms with E-state index in [1.807, 2.05) is 55.5 Å². The zero-order chi connectivity index (χ0) is 22.3. The van der Waals surface area contributed by atoms with Gasteiger partial charge in [0, 0.05) is 18.7 Å². The highest BCUT2D eigenvalue weighted by Gasteiger charge is 2.18. The largest absolute Gasteiger partial charge is 0.493 e. The van der Waals surface area contributed by atoms with Gasteiger partial charge in [0.2, 0.25) is 11.8 Å². The van der Waals surface area contributed by atoms with Gasteiger partial charge in [0.25, 0.3) is 0 Å². The first-order valence-electron chi connectivity index (χ1n) is 10.8. The highest BCUT2D eigenvalue weighted by atomic mass is 16.5. The van der Waals surface area contributed by atoms with Crippen molar-refractivity contribution >= 4 is 5.91 Å². The average molecular weight is 437 g/mol. The van der Waals surface area contributed by atoms with Gasteiger partial charge in [-0.05, 0) is 49.6 Å². The molecule has 7 heteroatoms. The number of ether oxygens (including phenoxy) is 3. The molecule has 1 amide bonds. The number of oxazole rings is 1. The summed E-state index contributed by atoms with van der Waals surface area (Å²) in [5.74, 6) is 2.35. The van der Waals surface area contributed by atoms with Crippen molar-refractivity contribution in [3.8, 4) is 23.0 Å². The van der Waals surface area contributed by atoms with E-state index in [0.29, 0.717) is 42.0 Å². The third kappa shape index (κ3) is 5.48. The quantitative estimate of drug-likeness (QED) is 0.544. The smallest absolute Gasteiger partial charge is 0.226 e. The summed E-state index contributed by atoms with van der Waals surface area (Å²) in [6.07, 6.45) is 2.39. The van der Waals surface area contributed by atoms with Crippen molar-refractivity contribution in [1.29, 1.82) is 0 Å². The lowest BCUT2D eigenvalue weighted by Crippen LogP contribution is -2.25. The number of nitrogens with zero attached hydrogens (tertiary/aromatic N) is 1. The van der Waals surface area contributed by atoms with Crippen LogP contribution in [0.25, 0.3) is 11.5 Å². The minimum absolute atomic E-state index is 0.126. The monoisotopic (exact) mass is 436 g/mol. The van der Waals surface area contributed by atoms with Crippen LogP contribution in [0.3, 0.4) is 0 Å². The summed E-state index contributed by atoms with van der Waals surface area (Å²) < 4.78 is 22.7. The second kappa shape index (κ2) is 10.3. The lowest BCUT2D eigenvalue weighted by Gasteiger charge is -2.15. The Morgan fingerprint density at radius 2 is 2.03 bits per heavy atom. The van der Waals surface area contributed by atoms with Crippen LogP contribution in [0, 0.1) is 6.92 Å². The van der Waals surface area contributed by atoms with Gasteiger partial charge < -0.3 is 23.9 Å². The maximum absolute atomic E-state index is 12.5. The van der Waals surface area contributed by atoms with Gasteiger partial charge in [-0.3, -0.25) is 4.79 Å². The molecule has 1 aromatic heterocycles. The van der Waals surface area contributed by atoms with E-state index in [0.717, 1.165) is 30.6 Å². The number of rotatable bonds is 9. The van der Waals surface area contributed by atoms with E-state index in [9.17, 15) is 4.79 Å². The van der Waals surface area contributed by atoms with E-state index in [-0.39, 0.29) is 18.4 Å². The highest BCUT2D eigenvalue weighted by molar-refractivity contribution is 5.78. The molecule has 1 saturated heterocycles. The fourth-order valence-electron chi connectivity index (χ4n) is 3.61. The number of benzene rings is 2. The summed E-state index contributed by atoms with van der Waals surface area (Å²) in [4.78, 5) is 17.0. The second-order valence-corrected chi connectivity index (χ2v) is 7.77.